The molecule has 0 atom stereocenters. The summed E-state index contributed by atoms with van der Waals surface area (Å²) in [5.74, 6) is 1.08. The second kappa shape index (κ2) is 8.11. The average Bonchev–Trinajstić information content (AvgIpc) is 2.85. The minimum Gasteiger partial charge on any atom is -0.380 e. The Hall–Kier alpha value is -1.44. The fourth-order valence-corrected chi connectivity index (χ4v) is 3.20. The summed E-state index contributed by atoms with van der Waals surface area (Å²) in [5.41, 5.74) is 3.73. The van der Waals surface area contributed by atoms with E-state index < -0.39 is 0 Å². The fourth-order valence-electron chi connectivity index (χ4n) is 1.72. The summed E-state index contributed by atoms with van der Waals surface area (Å²) in [5, 5.41) is 2.89. The number of carbonyl (C=O) groups excluding carboxylic acids is 1. The summed E-state index contributed by atoms with van der Waals surface area (Å²) in [4.78, 5) is 11.9. The van der Waals surface area contributed by atoms with Gasteiger partial charge in [-0.05, 0) is 24.6 Å². The first-order valence-electron chi connectivity index (χ1n) is 6.42. The lowest BCUT2D eigenvalue weighted by molar-refractivity contribution is -0.113. The summed E-state index contributed by atoms with van der Waals surface area (Å²) in [6.07, 6.45) is 0. The molecule has 1 heterocycles. The molecule has 0 fully saturated rings. The number of benzene rings is 1. The number of thioether (sulfide) groups is 1. The molecule has 0 radical (unpaired) electrons. The maximum Gasteiger partial charge on any atom is 0.234 e. The molecule has 2 aromatic rings. The highest BCUT2D eigenvalue weighted by molar-refractivity contribution is 7.99. The van der Waals surface area contributed by atoms with Crippen molar-refractivity contribution < 1.29 is 9.53 Å². The van der Waals surface area contributed by atoms with Crippen molar-refractivity contribution in [1.82, 2.24) is 8.75 Å². The van der Waals surface area contributed by atoms with Crippen LogP contribution in [-0.2, 0) is 21.9 Å². The lowest BCUT2D eigenvalue weighted by atomic mass is 10.2. The van der Waals surface area contributed by atoms with Crippen molar-refractivity contribution in [1.29, 1.82) is 0 Å². The van der Waals surface area contributed by atoms with E-state index in [-0.39, 0.29) is 5.91 Å². The first-order valence-corrected chi connectivity index (χ1v) is 8.31. The van der Waals surface area contributed by atoms with Crippen LogP contribution in [0.3, 0.4) is 0 Å². The van der Waals surface area contributed by atoms with Crippen molar-refractivity contribution in [2.24, 2.45) is 0 Å². The van der Waals surface area contributed by atoms with Gasteiger partial charge in [0.2, 0.25) is 5.91 Å². The van der Waals surface area contributed by atoms with Crippen LogP contribution in [0.25, 0.3) is 0 Å². The number of hydrogen-bond acceptors (Lipinski definition) is 6. The largest absolute Gasteiger partial charge is 0.380 e. The number of anilines is 1. The SMILES string of the molecule is COCc1cccc(NC(=O)CSCc2nsnc2C)c1. The van der Waals surface area contributed by atoms with Gasteiger partial charge in [0.15, 0.2) is 0 Å². The van der Waals surface area contributed by atoms with E-state index in [1.54, 1.807) is 7.11 Å². The number of hydrogen-bond donors (Lipinski definition) is 1. The second-order valence-electron chi connectivity index (χ2n) is 4.47. The Labute approximate surface area is 132 Å². The number of ether oxygens (including phenoxy) is 1. The maximum absolute atomic E-state index is 11.9. The highest BCUT2D eigenvalue weighted by Gasteiger charge is 2.07. The quantitative estimate of drug-likeness (QED) is 0.849. The molecule has 7 heteroatoms. The molecule has 0 bridgehead atoms. The molecule has 21 heavy (non-hydrogen) atoms. The monoisotopic (exact) mass is 323 g/mol. The molecule has 1 aromatic heterocycles. The number of nitrogens with zero attached hydrogens (tertiary/aromatic N) is 2. The minimum atomic E-state index is -0.0181. The Balaban J connectivity index is 1.79. The topological polar surface area (TPSA) is 64.1 Å². The summed E-state index contributed by atoms with van der Waals surface area (Å²) >= 11 is 2.74. The second-order valence-corrected chi connectivity index (χ2v) is 5.98. The van der Waals surface area contributed by atoms with Crippen LogP contribution < -0.4 is 5.32 Å². The van der Waals surface area contributed by atoms with Gasteiger partial charge in [-0.25, -0.2) is 0 Å². The third-order valence-electron chi connectivity index (χ3n) is 2.74. The summed E-state index contributed by atoms with van der Waals surface area (Å²) in [7, 11) is 1.65. The molecule has 5 nitrogen and oxygen atoms in total. The molecule has 0 spiro atoms. The van der Waals surface area contributed by atoms with Gasteiger partial charge in [-0.3, -0.25) is 4.79 Å². The van der Waals surface area contributed by atoms with E-state index in [1.807, 2.05) is 31.2 Å². The van der Waals surface area contributed by atoms with Crippen LogP contribution in [0.4, 0.5) is 5.69 Å². The van der Waals surface area contributed by atoms with E-state index in [0.717, 1.165) is 22.6 Å². The zero-order valence-electron chi connectivity index (χ0n) is 12.0. The van der Waals surface area contributed by atoms with Crippen molar-refractivity contribution in [3.8, 4) is 0 Å². The van der Waals surface area contributed by atoms with Crippen LogP contribution in [0, 0.1) is 6.92 Å². The van der Waals surface area contributed by atoms with Crippen LogP contribution in [0.1, 0.15) is 17.0 Å². The molecule has 2 rings (SSSR count). The highest BCUT2D eigenvalue weighted by Crippen LogP contribution is 2.15. The minimum absolute atomic E-state index is 0.0181. The van der Waals surface area contributed by atoms with E-state index in [1.165, 1.54) is 23.5 Å². The standard InChI is InChI=1S/C14H17N3O2S2/c1-10-13(17-21-16-10)8-20-9-14(18)15-12-5-3-4-11(6-12)7-19-2/h3-6H,7-9H2,1-2H3,(H,15,18). The molecule has 0 aliphatic heterocycles. The van der Waals surface area contributed by atoms with Crippen LogP contribution in [0.5, 0.6) is 0 Å². The predicted octanol–water partition coefficient (Wildman–Crippen LogP) is 2.86. The van der Waals surface area contributed by atoms with E-state index in [0.29, 0.717) is 18.1 Å². The Morgan fingerprint density at radius 3 is 3.00 bits per heavy atom. The van der Waals surface area contributed by atoms with Gasteiger partial charge in [-0.15, -0.1) is 11.8 Å². The van der Waals surface area contributed by atoms with Gasteiger partial charge >= 0.3 is 0 Å². The van der Waals surface area contributed by atoms with Crippen molar-refractivity contribution in [3.63, 3.8) is 0 Å². The molecule has 0 saturated heterocycles. The Kier molecular flexibility index (Phi) is 6.16. The van der Waals surface area contributed by atoms with Gasteiger partial charge in [-0.1, -0.05) is 12.1 Å². The van der Waals surface area contributed by atoms with Crippen LogP contribution in [-0.4, -0.2) is 27.5 Å². The number of amides is 1. The van der Waals surface area contributed by atoms with Gasteiger partial charge < -0.3 is 10.1 Å². The van der Waals surface area contributed by atoms with E-state index in [4.69, 9.17) is 4.74 Å². The lowest BCUT2D eigenvalue weighted by Crippen LogP contribution is -2.14. The van der Waals surface area contributed by atoms with Crippen molar-refractivity contribution in [2.75, 3.05) is 18.2 Å². The molecule has 1 aromatic carbocycles. The average molecular weight is 323 g/mol. The first kappa shape index (κ1) is 15.9. The van der Waals surface area contributed by atoms with Gasteiger partial charge in [-0.2, -0.15) is 8.75 Å². The molecule has 1 amide bonds. The normalized spacial score (nSPS) is 10.6. The highest BCUT2D eigenvalue weighted by atomic mass is 32.2. The van der Waals surface area contributed by atoms with Crippen LogP contribution >= 0.6 is 23.5 Å². The number of nitrogens with one attached hydrogen (secondary N) is 1. The van der Waals surface area contributed by atoms with E-state index in [9.17, 15) is 4.79 Å². The van der Waals surface area contributed by atoms with E-state index >= 15 is 0 Å². The zero-order chi connectivity index (χ0) is 15.1. The third-order valence-corrected chi connectivity index (χ3v) is 4.34. The lowest BCUT2D eigenvalue weighted by Gasteiger charge is -2.07. The smallest absolute Gasteiger partial charge is 0.234 e. The maximum atomic E-state index is 11.9. The number of aryl methyl sites for hydroxylation is 1. The molecular weight excluding hydrogens is 306 g/mol. The molecular formula is C14H17N3O2S2. The van der Waals surface area contributed by atoms with Gasteiger partial charge in [0.25, 0.3) is 0 Å². The first-order chi connectivity index (χ1) is 10.2. The molecule has 0 saturated carbocycles. The van der Waals surface area contributed by atoms with E-state index in [2.05, 4.69) is 14.1 Å². The number of aromatic nitrogens is 2. The zero-order valence-corrected chi connectivity index (χ0v) is 13.6. The molecule has 112 valence electrons. The Morgan fingerprint density at radius 1 is 1.43 bits per heavy atom. The number of rotatable bonds is 7. The molecule has 0 aliphatic rings. The van der Waals surface area contributed by atoms with Crippen LogP contribution in [0.15, 0.2) is 24.3 Å². The van der Waals surface area contributed by atoms with Crippen molar-refractivity contribution in [2.45, 2.75) is 19.3 Å². The summed E-state index contributed by atoms with van der Waals surface area (Å²) in [6, 6.07) is 7.66. The molecule has 0 unspecified atom stereocenters. The Bertz CT molecular complexity index is 601. The van der Waals surface area contributed by atoms with Crippen molar-refractivity contribution >= 4 is 35.1 Å². The van der Waals surface area contributed by atoms with Crippen LogP contribution in [0.2, 0.25) is 0 Å². The summed E-state index contributed by atoms with van der Waals surface area (Å²) in [6.45, 7) is 2.47. The number of carbonyl (C=O) groups is 1. The number of methoxy groups -OCH3 is 1. The third kappa shape index (κ3) is 5.11. The van der Waals surface area contributed by atoms with Crippen molar-refractivity contribution in [3.05, 3.63) is 41.2 Å². The molecule has 0 aliphatic carbocycles. The Morgan fingerprint density at radius 2 is 2.29 bits per heavy atom. The predicted molar refractivity (Wildman–Crippen MR) is 86.6 cm³/mol. The fraction of sp³-hybridized carbons (Fsp3) is 0.357. The van der Waals surface area contributed by atoms with Gasteiger partial charge in [0.05, 0.1) is 35.5 Å². The van der Waals surface area contributed by atoms with Gasteiger partial charge in [0, 0.05) is 18.6 Å². The van der Waals surface area contributed by atoms with Gasteiger partial charge in [0.1, 0.15) is 0 Å². The molecule has 1 N–H and O–H groups in total. The summed E-state index contributed by atoms with van der Waals surface area (Å²) < 4.78 is 13.4.